The van der Waals surface area contributed by atoms with E-state index in [1.165, 1.54) is 7.11 Å². The fourth-order valence-electron chi connectivity index (χ4n) is 1.42. The van der Waals surface area contributed by atoms with Crippen LogP contribution in [0.15, 0.2) is 16.6 Å². The van der Waals surface area contributed by atoms with Gasteiger partial charge in [0.2, 0.25) is 0 Å². The number of fused-ring (bicyclic) bond motifs is 1. The third-order valence-corrected chi connectivity index (χ3v) is 2.51. The summed E-state index contributed by atoms with van der Waals surface area (Å²) in [5, 5.41) is 6.44. The average Bonchev–Trinajstić information content (AvgIpc) is 2.59. The number of H-pyrrole nitrogens is 1. The molecule has 6 heteroatoms. The molecule has 0 aliphatic carbocycles. The van der Waals surface area contributed by atoms with Gasteiger partial charge in [0.15, 0.2) is 0 Å². The highest BCUT2D eigenvalue weighted by Crippen LogP contribution is 2.34. The van der Waals surface area contributed by atoms with Crippen molar-refractivity contribution < 1.29 is 13.5 Å². The van der Waals surface area contributed by atoms with Crippen molar-refractivity contribution in [3.05, 3.63) is 22.3 Å². The van der Waals surface area contributed by atoms with Gasteiger partial charge in [0, 0.05) is 4.47 Å². The SMILES string of the molecule is COc1cc(Br)cc2n[nH]c(C(F)F)c12. The lowest BCUT2D eigenvalue weighted by atomic mass is 10.2. The van der Waals surface area contributed by atoms with E-state index in [2.05, 4.69) is 26.1 Å². The summed E-state index contributed by atoms with van der Waals surface area (Å²) in [5.74, 6) is 0.378. The third-order valence-electron chi connectivity index (χ3n) is 2.05. The first kappa shape index (κ1) is 10.4. The van der Waals surface area contributed by atoms with Crippen LogP contribution >= 0.6 is 15.9 Å². The molecule has 80 valence electrons. The number of aromatic amines is 1. The Morgan fingerprint density at radius 2 is 2.20 bits per heavy atom. The van der Waals surface area contributed by atoms with Crippen LogP contribution in [0, 0.1) is 0 Å². The van der Waals surface area contributed by atoms with Crippen LogP contribution in [0.4, 0.5) is 8.78 Å². The molecule has 0 radical (unpaired) electrons. The van der Waals surface area contributed by atoms with Crippen molar-refractivity contribution in [3.8, 4) is 5.75 Å². The molecule has 1 aromatic heterocycles. The molecule has 1 heterocycles. The summed E-state index contributed by atoms with van der Waals surface area (Å²) in [6.45, 7) is 0. The molecule has 0 unspecified atom stereocenters. The molecule has 1 aromatic carbocycles. The first-order valence-electron chi connectivity index (χ1n) is 4.13. The minimum absolute atomic E-state index is 0.214. The van der Waals surface area contributed by atoms with Crippen molar-refractivity contribution in [2.24, 2.45) is 0 Å². The molecule has 15 heavy (non-hydrogen) atoms. The van der Waals surface area contributed by atoms with E-state index in [0.29, 0.717) is 16.7 Å². The number of methoxy groups -OCH3 is 1. The van der Waals surface area contributed by atoms with Gasteiger partial charge in [-0.15, -0.1) is 0 Å². The van der Waals surface area contributed by atoms with Crippen LogP contribution < -0.4 is 4.74 Å². The van der Waals surface area contributed by atoms with Crippen molar-refractivity contribution in [2.75, 3.05) is 7.11 Å². The van der Waals surface area contributed by atoms with Crippen molar-refractivity contribution in [2.45, 2.75) is 6.43 Å². The normalized spacial score (nSPS) is 11.3. The quantitative estimate of drug-likeness (QED) is 0.914. The molecule has 0 fully saturated rings. The molecule has 1 N–H and O–H groups in total. The Kier molecular flexibility index (Phi) is 2.60. The molecule has 0 aliphatic heterocycles. The van der Waals surface area contributed by atoms with Crippen LogP contribution in [0.1, 0.15) is 12.1 Å². The second-order valence-electron chi connectivity index (χ2n) is 2.94. The monoisotopic (exact) mass is 276 g/mol. The summed E-state index contributed by atoms with van der Waals surface area (Å²) in [6.07, 6.45) is -2.59. The van der Waals surface area contributed by atoms with E-state index in [0.717, 1.165) is 4.47 Å². The first-order valence-corrected chi connectivity index (χ1v) is 4.92. The summed E-state index contributed by atoms with van der Waals surface area (Å²) < 4.78 is 31.0. The Bertz CT molecular complexity index is 498. The van der Waals surface area contributed by atoms with E-state index < -0.39 is 6.43 Å². The van der Waals surface area contributed by atoms with Gasteiger partial charge < -0.3 is 4.74 Å². The molecular formula is C9H7BrF2N2O. The van der Waals surface area contributed by atoms with Crippen molar-refractivity contribution in [1.29, 1.82) is 0 Å². The second kappa shape index (κ2) is 3.77. The molecule has 0 bridgehead atoms. The molecule has 0 spiro atoms. The van der Waals surface area contributed by atoms with Gasteiger partial charge in [-0.1, -0.05) is 15.9 Å². The van der Waals surface area contributed by atoms with Crippen molar-refractivity contribution in [1.82, 2.24) is 10.2 Å². The fraction of sp³-hybridized carbons (Fsp3) is 0.222. The maximum Gasteiger partial charge on any atom is 0.280 e. The highest BCUT2D eigenvalue weighted by atomic mass is 79.9. The molecule has 2 rings (SSSR count). The fourth-order valence-corrected chi connectivity index (χ4v) is 1.85. The molecular weight excluding hydrogens is 270 g/mol. The number of ether oxygens (including phenoxy) is 1. The van der Waals surface area contributed by atoms with Crippen LogP contribution in [-0.4, -0.2) is 17.3 Å². The molecule has 2 aromatic rings. The summed E-state index contributed by atoms with van der Waals surface area (Å²) >= 11 is 3.25. The largest absolute Gasteiger partial charge is 0.496 e. The number of halogens is 3. The van der Waals surface area contributed by atoms with E-state index in [1.807, 2.05) is 0 Å². The molecule has 0 saturated heterocycles. The van der Waals surface area contributed by atoms with Crippen LogP contribution in [0.25, 0.3) is 10.9 Å². The lowest BCUT2D eigenvalue weighted by Gasteiger charge is -2.03. The number of aromatic nitrogens is 2. The lowest BCUT2D eigenvalue weighted by molar-refractivity contribution is 0.147. The number of nitrogens with one attached hydrogen (secondary N) is 1. The number of benzene rings is 1. The Morgan fingerprint density at radius 1 is 1.47 bits per heavy atom. The Morgan fingerprint density at radius 3 is 2.80 bits per heavy atom. The zero-order valence-electron chi connectivity index (χ0n) is 7.72. The number of hydrogen-bond donors (Lipinski definition) is 1. The molecule has 0 atom stereocenters. The maximum absolute atomic E-state index is 12.6. The number of alkyl halides is 2. The maximum atomic E-state index is 12.6. The Hall–Kier alpha value is -1.17. The van der Waals surface area contributed by atoms with Gasteiger partial charge in [0.05, 0.1) is 18.0 Å². The van der Waals surface area contributed by atoms with E-state index in [-0.39, 0.29) is 5.69 Å². The minimum atomic E-state index is -2.59. The summed E-state index contributed by atoms with van der Waals surface area (Å²) in [6, 6.07) is 3.28. The molecule has 0 amide bonds. The van der Waals surface area contributed by atoms with Crippen LogP contribution in [0.5, 0.6) is 5.75 Å². The van der Waals surface area contributed by atoms with Gasteiger partial charge in [0.25, 0.3) is 6.43 Å². The van der Waals surface area contributed by atoms with Gasteiger partial charge >= 0.3 is 0 Å². The zero-order chi connectivity index (χ0) is 11.0. The van der Waals surface area contributed by atoms with Crippen LogP contribution in [0.2, 0.25) is 0 Å². The summed E-state index contributed by atoms with van der Waals surface area (Å²) in [7, 11) is 1.43. The summed E-state index contributed by atoms with van der Waals surface area (Å²) in [5.41, 5.74) is 0.242. The van der Waals surface area contributed by atoms with Gasteiger partial charge in [-0.2, -0.15) is 5.10 Å². The standard InChI is InChI=1S/C9H7BrF2N2O/c1-15-6-3-4(10)2-5-7(6)8(9(11)12)14-13-5/h2-3,9H,1H3,(H,13,14). The van der Waals surface area contributed by atoms with Gasteiger partial charge in [-0.25, -0.2) is 8.78 Å². The summed E-state index contributed by atoms with van der Waals surface area (Å²) in [4.78, 5) is 0. The average molecular weight is 277 g/mol. The Labute approximate surface area is 92.6 Å². The number of rotatable bonds is 2. The van der Waals surface area contributed by atoms with E-state index in [9.17, 15) is 8.78 Å². The molecule has 0 saturated carbocycles. The second-order valence-corrected chi connectivity index (χ2v) is 3.86. The van der Waals surface area contributed by atoms with Gasteiger partial charge in [0.1, 0.15) is 11.4 Å². The smallest absolute Gasteiger partial charge is 0.280 e. The highest BCUT2D eigenvalue weighted by Gasteiger charge is 2.18. The van der Waals surface area contributed by atoms with Gasteiger partial charge in [-0.05, 0) is 12.1 Å². The van der Waals surface area contributed by atoms with Crippen LogP contribution in [-0.2, 0) is 0 Å². The van der Waals surface area contributed by atoms with E-state index in [4.69, 9.17) is 4.74 Å². The molecule has 0 aliphatic rings. The third kappa shape index (κ3) is 1.69. The highest BCUT2D eigenvalue weighted by molar-refractivity contribution is 9.10. The zero-order valence-corrected chi connectivity index (χ0v) is 9.31. The van der Waals surface area contributed by atoms with Gasteiger partial charge in [-0.3, -0.25) is 5.10 Å². The first-order chi connectivity index (χ1) is 7.13. The van der Waals surface area contributed by atoms with E-state index >= 15 is 0 Å². The van der Waals surface area contributed by atoms with E-state index in [1.54, 1.807) is 12.1 Å². The molecule has 3 nitrogen and oxygen atoms in total. The lowest BCUT2D eigenvalue weighted by Crippen LogP contribution is -1.89. The van der Waals surface area contributed by atoms with Crippen molar-refractivity contribution in [3.63, 3.8) is 0 Å². The predicted molar refractivity (Wildman–Crippen MR) is 55.3 cm³/mol. The number of hydrogen-bond acceptors (Lipinski definition) is 2. The topological polar surface area (TPSA) is 37.9 Å². The van der Waals surface area contributed by atoms with Crippen LogP contribution in [0.3, 0.4) is 0 Å². The Balaban J connectivity index is 2.77. The number of nitrogens with zero attached hydrogens (tertiary/aromatic N) is 1. The van der Waals surface area contributed by atoms with Crippen molar-refractivity contribution >= 4 is 26.8 Å². The minimum Gasteiger partial charge on any atom is -0.496 e. The predicted octanol–water partition coefficient (Wildman–Crippen LogP) is 3.27.